The Labute approximate surface area is 192 Å². The molecule has 1 aromatic heterocycles. The fourth-order valence-corrected chi connectivity index (χ4v) is 4.35. The molecular formula is C25H27N5O3. The van der Waals surface area contributed by atoms with Crippen LogP contribution in [0.4, 0.5) is 5.69 Å². The molecule has 0 aliphatic carbocycles. The average molecular weight is 446 g/mol. The molecule has 2 aromatic carbocycles. The van der Waals surface area contributed by atoms with Crippen molar-refractivity contribution in [3.05, 3.63) is 65.5 Å². The number of nitrogens with zero attached hydrogens (tertiary/aromatic N) is 5. The second-order valence-electron chi connectivity index (χ2n) is 8.65. The van der Waals surface area contributed by atoms with Crippen molar-refractivity contribution < 1.29 is 14.1 Å². The highest BCUT2D eigenvalue weighted by Gasteiger charge is 2.26. The second kappa shape index (κ2) is 9.15. The van der Waals surface area contributed by atoms with Crippen LogP contribution in [0.5, 0.6) is 0 Å². The van der Waals surface area contributed by atoms with E-state index in [0.717, 1.165) is 37.3 Å². The highest BCUT2D eigenvalue weighted by Crippen LogP contribution is 2.23. The largest absolute Gasteiger partial charge is 0.338 e. The topological polar surface area (TPSA) is 82.8 Å². The quantitative estimate of drug-likeness (QED) is 0.600. The van der Waals surface area contributed by atoms with Gasteiger partial charge in [0, 0.05) is 56.0 Å². The molecule has 0 bridgehead atoms. The molecule has 8 heteroatoms. The Hall–Kier alpha value is -3.52. The second-order valence-corrected chi connectivity index (χ2v) is 8.65. The molecule has 0 spiro atoms. The van der Waals surface area contributed by atoms with Crippen LogP contribution in [-0.4, -0.2) is 64.5 Å². The first-order chi connectivity index (χ1) is 16.1. The van der Waals surface area contributed by atoms with Crippen LogP contribution in [-0.2, 0) is 11.3 Å². The molecule has 2 aliphatic heterocycles. The molecule has 0 atom stereocenters. The van der Waals surface area contributed by atoms with Crippen molar-refractivity contribution in [1.82, 2.24) is 19.9 Å². The van der Waals surface area contributed by atoms with Gasteiger partial charge in [-0.2, -0.15) is 4.98 Å². The summed E-state index contributed by atoms with van der Waals surface area (Å²) in [7, 11) is 0. The Balaban J connectivity index is 1.17. The van der Waals surface area contributed by atoms with Crippen LogP contribution in [0.1, 0.15) is 34.7 Å². The summed E-state index contributed by atoms with van der Waals surface area (Å²) in [5.74, 6) is 1.30. The molecule has 3 heterocycles. The normalized spacial score (nSPS) is 17.1. The van der Waals surface area contributed by atoms with E-state index in [2.05, 4.69) is 15.0 Å². The molecule has 2 aliphatic rings. The Morgan fingerprint density at radius 2 is 1.82 bits per heavy atom. The van der Waals surface area contributed by atoms with Gasteiger partial charge in [0.1, 0.15) is 0 Å². The molecule has 0 unspecified atom stereocenters. The zero-order valence-corrected chi connectivity index (χ0v) is 18.7. The van der Waals surface area contributed by atoms with Gasteiger partial charge in [0.15, 0.2) is 0 Å². The molecule has 0 radical (unpaired) electrons. The van der Waals surface area contributed by atoms with Crippen molar-refractivity contribution in [3.8, 4) is 11.4 Å². The summed E-state index contributed by atoms with van der Waals surface area (Å²) >= 11 is 0. The number of piperazine rings is 1. The molecule has 2 amide bonds. The van der Waals surface area contributed by atoms with Gasteiger partial charge in [-0.15, -0.1) is 0 Å². The van der Waals surface area contributed by atoms with E-state index in [1.165, 1.54) is 5.56 Å². The fourth-order valence-electron chi connectivity index (χ4n) is 4.35. The third-order valence-corrected chi connectivity index (χ3v) is 6.27. The molecule has 170 valence electrons. The van der Waals surface area contributed by atoms with E-state index in [1.807, 2.05) is 60.4 Å². The van der Waals surface area contributed by atoms with Gasteiger partial charge in [-0.05, 0) is 31.5 Å². The number of benzene rings is 2. The SMILES string of the molecule is Cc1ccc(-c2noc(CN3CCN(C(=O)c4cccc(N5CCCC5=O)c4)CC3)n2)cc1. The number of amides is 2. The Kier molecular flexibility index (Phi) is 5.92. The Morgan fingerprint density at radius 3 is 2.55 bits per heavy atom. The smallest absolute Gasteiger partial charge is 0.254 e. The monoisotopic (exact) mass is 445 g/mol. The summed E-state index contributed by atoms with van der Waals surface area (Å²) in [4.78, 5) is 35.5. The van der Waals surface area contributed by atoms with Crippen LogP contribution in [0.3, 0.4) is 0 Å². The lowest BCUT2D eigenvalue weighted by Crippen LogP contribution is -2.48. The Bertz CT molecular complexity index is 1150. The summed E-state index contributed by atoms with van der Waals surface area (Å²) in [6.45, 7) is 6.05. The fraction of sp³-hybridized carbons (Fsp3) is 0.360. The number of hydrogen-bond acceptors (Lipinski definition) is 6. The predicted molar refractivity (Wildman–Crippen MR) is 124 cm³/mol. The number of anilines is 1. The summed E-state index contributed by atoms with van der Waals surface area (Å²) < 4.78 is 5.45. The van der Waals surface area contributed by atoms with Crippen LogP contribution in [0, 0.1) is 6.92 Å². The summed E-state index contributed by atoms with van der Waals surface area (Å²) in [5, 5.41) is 4.11. The van der Waals surface area contributed by atoms with Gasteiger partial charge in [-0.3, -0.25) is 14.5 Å². The lowest BCUT2D eigenvalue weighted by molar-refractivity contribution is -0.117. The van der Waals surface area contributed by atoms with E-state index in [1.54, 1.807) is 4.90 Å². The highest BCUT2D eigenvalue weighted by atomic mass is 16.5. The average Bonchev–Trinajstić information content (AvgIpc) is 3.49. The van der Waals surface area contributed by atoms with Gasteiger partial charge < -0.3 is 14.3 Å². The van der Waals surface area contributed by atoms with Crippen molar-refractivity contribution in [1.29, 1.82) is 0 Å². The van der Waals surface area contributed by atoms with Crippen LogP contribution >= 0.6 is 0 Å². The molecule has 8 nitrogen and oxygen atoms in total. The van der Waals surface area contributed by atoms with E-state index in [4.69, 9.17) is 4.52 Å². The lowest BCUT2D eigenvalue weighted by Gasteiger charge is -2.34. The number of carbonyl (C=O) groups excluding carboxylic acids is 2. The van der Waals surface area contributed by atoms with Gasteiger partial charge in [-0.1, -0.05) is 41.1 Å². The minimum atomic E-state index is 0.00240. The van der Waals surface area contributed by atoms with Crippen LogP contribution in [0.15, 0.2) is 53.1 Å². The zero-order chi connectivity index (χ0) is 22.8. The van der Waals surface area contributed by atoms with Gasteiger partial charge in [0.2, 0.25) is 17.6 Å². The maximum atomic E-state index is 13.1. The summed E-state index contributed by atoms with van der Waals surface area (Å²) in [6, 6.07) is 15.4. The van der Waals surface area contributed by atoms with Crippen molar-refractivity contribution in [2.24, 2.45) is 0 Å². The van der Waals surface area contributed by atoms with Gasteiger partial charge in [0.25, 0.3) is 5.91 Å². The third kappa shape index (κ3) is 4.66. The minimum absolute atomic E-state index is 0.00240. The van der Waals surface area contributed by atoms with Crippen molar-refractivity contribution in [2.75, 3.05) is 37.6 Å². The van der Waals surface area contributed by atoms with Gasteiger partial charge in [0.05, 0.1) is 6.54 Å². The van der Waals surface area contributed by atoms with Crippen LogP contribution in [0.2, 0.25) is 0 Å². The number of carbonyl (C=O) groups is 2. The molecule has 0 N–H and O–H groups in total. The van der Waals surface area contributed by atoms with E-state index < -0.39 is 0 Å². The third-order valence-electron chi connectivity index (χ3n) is 6.27. The van der Waals surface area contributed by atoms with Crippen LogP contribution in [0.25, 0.3) is 11.4 Å². The zero-order valence-electron chi connectivity index (χ0n) is 18.7. The number of hydrogen-bond donors (Lipinski definition) is 0. The maximum Gasteiger partial charge on any atom is 0.254 e. The predicted octanol–water partition coefficient (Wildman–Crippen LogP) is 3.13. The van der Waals surface area contributed by atoms with Crippen molar-refractivity contribution in [2.45, 2.75) is 26.3 Å². The maximum absolute atomic E-state index is 13.1. The lowest BCUT2D eigenvalue weighted by atomic mass is 10.1. The first kappa shape index (κ1) is 21.3. The highest BCUT2D eigenvalue weighted by molar-refractivity contribution is 5.99. The molecular weight excluding hydrogens is 418 g/mol. The minimum Gasteiger partial charge on any atom is -0.338 e. The summed E-state index contributed by atoms with van der Waals surface area (Å²) in [5.41, 5.74) is 3.55. The van der Waals surface area contributed by atoms with E-state index in [0.29, 0.717) is 43.3 Å². The number of aryl methyl sites for hydroxylation is 1. The number of aromatic nitrogens is 2. The van der Waals surface area contributed by atoms with Crippen LogP contribution < -0.4 is 4.90 Å². The summed E-state index contributed by atoms with van der Waals surface area (Å²) in [6.07, 6.45) is 1.44. The molecule has 0 saturated carbocycles. The first-order valence-electron chi connectivity index (χ1n) is 11.4. The van der Waals surface area contributed by atoms with Gasteiger partial charge >= 0.3 is 0 Å². The van der Waals surface area contributed by atoms with E-state index in [9.17, 15) is 9.59 Å². The Morgan fingerprint density at radius 1 is 1.03 bits per heavy atom. The molecule has 5 rings (SSSR count). The molecule has 2 saturated heterocycles. The van der Waals surface area contributed by atoms with E-state index in [-0.39, 0.29) is 11.8 Å². The van der Waals surface area contributed by atoms with Crippen molar-refractivity contribution >= 4 is 17.5 Å². The number of rotatable bonds is 5. The van der Waals surface area contributed by atoms with Gasteiger partial charge in [-0.25, -0.2) is 0 Å². The standard InChI is InChI=1S/C25H27N5O3/c1-18-7-9-19(10-8-18)24-26-22(33-27-24)17-28-12-14-29(15-13-28)25(32)20-4-2-5-21(16-20)30-11-3-6-23(30)31/h2,4-5,7-10,16H,3,6,11-15,17H2,1H3. The first-order valence-corrected chi connectivity index (χ1v) is 11.4. The van der Waals surface area contributed by atoms with E-state index >= 15 is 0 Å². The molecule has 3 aromatic rings. The molecule has 33 heavy (non-hydrogen) atoms. The van der Waals surface area contributed by atoms with Crippen molar-refractivity contribution in [3.63, 3.8) is 0 Å². The molecule has 2 fully saturated rings.